The Balaban J connectivity index is 1.85. The molecule has 0 bridgehead atoms. The maximum Gasteiger partial charge on any atom is 0.243 e. The van der Waals surface area contributed by atoms with Crippen molar-refractivity contribution in [2.75, 3.05) is 12.0 Å². The van der Waals surface area contributed by atoms with E-state index in [1.165, 1.54) is 0 Å². The number of fused-ring (bicyclic) bond motifs is 1. The molecule has 0 fully saturated rings. The van der Waals surface area contributed by atoms with Gasteiger partial charge in [0, 0.05) is 18.6 Å². The van der Waals surface area contributed by atoms with Gasteiger partial charge in [0.15, 0.2) is 11.5 Å². The van der Waals surface area contributed by atoms with E-state index in [4.69, 9.17) is 0 Å². The highest BCUT2D eigenvalue weighted by Gasteiger charge is 2.26. The molecule has 0 saturated heterocycles. The third kappa shape index (κ3) is 4.71. The highest BCUT2D eigenvalue weighted by Crippen LogP contribution is 2.23. The first-order chi connectivity index (χ1) is 13.1. The van der Waals surface area contributed by atoms with Gasteiger partial charge in [0.05, 0.1) is 6.04 Å². The van der Waals surface area contributed by atoms with E-state index >= 15 is 0 Å². The van der Waals surface area contributed by atoms with Crippen LogP contribution in [0.3, 0.4) is 0 Å². The normalized spacial score (nSPS) is 13.8. The molecule has 6 nitrogen and oxygen atoms in total. The first-order valence-electron chi connectivity index (χ1n) is 9.31. The van der Waals surface area contributed by atoms with E-state index in [1.54, 1.807) is 11.8 Å². The van der Waals surface area contributed by atoms with Crippen LogP contribution in [0.4, 0.5) is 0 Å². The summed E-state index contributed by atoms with van der Waals surface area (Å²) >= 11 is 1.75. The summed E-state index contributed by atoms with van der Waals surface area (Å²) in [5.41, 5.74) is 0.792. The fourth-order valence-corrected chi connectivity index (χ4v) is 3.73. The number of amides is 1. The molecule has 0 radical (unpaired) electrons. The van der Waals surface area contributed by atoms with Gasteiger partial charge in [-0.15, -0.1) is 10.2 Å². The predicted octanol–water partition coefficient (Wildman–Crippen LogP) is 3.73. The van der Waals surface area contributed by atoms with Crippen molar-refractivity contribution in [3.05, 3.63) is 54.7 Å². The van der Waals surface area contributed by atoms with E-state index in [0.717, 1.165) is 30.1 Å². The van der Waals surface area contributed by atoms with Gasteiger partial charge in [0.1, 0.15) is 6.04 Å². The fraction of sp³-hybridized carbons (Fsp3) is 0.450. The van der Waals surface area contributed by atoms with Crippen molar-refractivity contribution in [1.82, 2.24) is 24.5 Å². The lowest BCUT2D eigenvalue weighted by Gasteiger charge is -2.24. The molecule has 3 heterocycles. The Morgan fingerprint density at radius 1 is 1.15 bits per heavy atom. The van der Waals surface area contributed by atoms with Crippen molar-refractivity contribution in [2.24, 2.45) is 5.92 Å². The molecule has 2 atom stereocenters. The van der Waals surface area contributed by atoms with Crippen LogP contribution in [-0.2, 0) is 4.79 Å². The largest absolute Gasteiger partial charge is 0.344 e. The van der Waals surface area contributed by atoms with E-state index in [1.807, 2.05) is 57.9 Å². The molecule has 1 amide bonds. The first-order valence-corrected chi connectivity index (χ1v) is 10.7. The van der Waals surface area contributed by atoms with E-state index in [2.05, 4.69) is 35.6 Å². The van der Waals surface area contributed by atoms with E-state index in [9.17, 15) is 4.79 Å². The van der Waals surface area contributed by atoms with E-state index in [0.29, 0.717) is 5.92 Å². The van der Waals surface area contributed by atoms with Gasteiger partial charge in [-0.1, -0.05) is 19.9 Å². The lowest BCUT2D eigenvalue weighted by atomic mass is 10.0. The minimum Gasteiger partial charge on any atom is -0.344 e. The zero-order valence-corrected chi connectivity index (χ0v) is 16.9. The average molecular weight is 386 g/mol. The van der Waals surface area contributed by atoms with Crippen LogP contribution in [0.2, 0.25) is 0 Å². The molecule has 27 heavy (non-hydrogen) atoms. The van der Waals surface area contributed by atoms with Crippen LogP contribution in [-0.4, -0.2) is 37.1 Å². The second kappa shape index (κ2) is 9.08. The van der Waals surface area contributed by atoms with Crippen LogP contribution in [0.25, 0.3) is 5.65 Å². The van der Waals surface area contributed by atoms with Crippen molar-refractivity contribution in [3.63, 3.8) is 0 Å². The molecular weight excluding hydrogens is 358 g/mol. The Morgan fingerprint density at radius 3 is 2.59 bits per heavy atom. The maximum absolute atomic E-state index is 13.2. The second-order valence-electron chi connectivity index (χ2n) is 7.11. The standard InChI is InChI=1S/C20H27N5OS/c1-15(2)14-16(19-23-22-18-8-4-5-12-25(18)19)21-20(26)17(9-13-27-3)24-10-6-7-11-24/h4-8,10-12,15-17H,9,13-14H2,1-3H3,(H,21,26)/t16-,17-/m1/s1. The van der Waals surface area contributed by atoms with Crippen molar-refractivity contribution < 1.29 is 4.79 Å². The highest BCUT2D eigenvalue weighted by molar-refractivity contribution is 7.98. The Bertz CT molecular complexity index is 858. The third-order valence-corrected chi connectivity index (χ3v) is 5.20. The Kier molecular flexibility index (Phi) is 6.55. The molecule has 3 aromatic rings. The van der Waals surface area contributed by atoms with Gasteiger partial charge in [-0.3, -0.25) is 9.20 Å². The van der Waals surface area contributed by atoms with Gasteiger partial charge in [-0.25, -0.2) is 0 Å². The topological polar surface area (TPSA) is 64.2 Å². The van der Waals surface area contributed by atoms with Gasteiger partial charge in [-0.2, -0.15) is 11.8 Å². The van der Waals surface area contributed by atoms with Crippen LogP contribution in [0.15, 0.2) is 48.9 Å². The predicted molar refractivity (Wildman–Crippen MR) is 110 cm³/mol. The minimum absolute atomic E-state index is 0.0265. The smallest absolute Gasteiger partial charge is 0.243 e. The second-order valence-corrected chi connectivity index (χ2v) is 8.09. The molecule has 0 unspecified atom stereocenters. The number of aromatic nitrogens is 4. The number of hydrogen-bond acceptors (Lipinski definition) is 4. The van der Waals surface area contributed by atoms with Gasteiger partial charge in [0.2, 0.25) is 5.91 Å². The summed E-state index contributed by atoms with van der Waals surface area (Å²) in [6.45, 7) is 4.30. The van der Waals surface area contributed by atoms with Crippen molar-refractivity contribution in [2.45, 2.75) is 38.8 Å². The number of carbonyl (C=O) groups is 1. The van der Waals surface area contributed by atoms with Gasteiger partial charge in [-0.05, 0) is 55.0 Å². The molecule has 0 spiro atoms. The Hall–Kier alpha value is -2.28. The van der Waals surface area contributed by atoms with Gasteiger partial charge in [0.25, 0.3) is 0 Å². The molecule has 144 valence electrons. The van der Waals surface area contributed by atoms with Crippen molar-refractivity contribution >= 4 is 23.3 Å². The lowest BCUT2D eigenvalue weighted by molar-refractivity contribution is -0.125. The monoisotopic (exact) mass is 385 g/mol. The molecule has 0 aliphatic rings. The number of carbonyl (C=O) groups excluding carboxylic acids is 1. The van der Waals surface area contributed by atoms with Crippen LogP contribution in [0.1, 0.15) is 44.6 Å². The summed E-state index contributed by atoms with van der Waals surface area (Å²) in [5, 5.41) is 11.9. The number of nitrogens with zero attached hydrogens (tertiary/aromatic N) is 4. The van der Waals surface area contributed by atoms with Crippen LogP contribution >= 0.6 is 11.8 Å². The quantitative estimate of drug-likeness (QED) is 0.610. The summed E-state index contributed by atoms with van der Waals surface area (Å²) in [5.74, 6) is 2.16. The zero-order valence-electron chi connectivity index (χ0n) is 16.1. The third-order valence-electron chi connectivity index (χ3n) is 4.56. The van der Waals surface area contributed by atoms with E-state index < -0.39 is 0 Å². The van der Waals surface area contributed by atoms with Crippen molar-refractivity contribution in [1.29, 1.82) is 0 Å². The van der Waals surface area contributed by atoms with Crippen molar-refractivity contribution in [3.8, 4) is 0 Å². The molecule has 0 aliphatic heterocycles. The summed E-state index contributed by atoms with van der Waals surface area (Å²) in [6, 6.07) is 9.33. The Labute approximate surface area is 164 Å². The zero-order chi connectivity index (χ0) is 19.2. The molecular formula is C20H27N5OS. The van der Waals surface area contributed by atoms with Gasteiger partial charge >= 0.3 is 0 Å². The minimum atomic E-state index is -0.221. The van der Waals surface area contributed by atoms with Crippen LogP contribution in [0, 0.1) is 5.92 Å². The molecule has 1 N–H and O–H groups in total. The molecule has 0 aromatic carbocycles. The van der Waals surface area contributed by atoms with Crippen LogP contribution in [0.5, 0.6) is 0 Å². The molecule has 0 aliphatic carbocycles. The highest BCUT2D eigenvalue weighted by atomic mass is 32.2. The molecule has 0 saturated carbocycles. The summed E-state index contributed by atoms with van der Waals surface area (Å²) in [4.78, 5) is 13.2. The molecule has 3 rings (SSSR count). The lowest BCUT2D eigenvalue weighted by Crippen LogP contribution is -2.36. The SMILES string of the molecule is CSCC[C@H](C(=O)N[C@H](CC(C)C)c1nnc2ccccn12)n1cccc1. The summed E-state index contributed by atoms with van der Waals surface area (Å²) < 4.78 is 3.94. The van der Waals surface area contributed by atoms with E-state index in [-0.39, 0.29) is 18.0 Å². The fourth-order valence-electron chi connectivity index (χ4n) is 3.27. The number of rotatable bonds is 9. The molecule has 3 aromatic heterocycles. The number of thioether (sulfide) groups is 1. The first kappa shape index (κ1) is 19.5. The average Bonchev–Trinajstić information content (AvgIpc) is 3.31. The van der Waals surface area contributed by atoms with Gasteiger partial charge < -0.3 is 9.88 Å². The number of nitrogens with one attached hydrogen (secondary N) is 1. The number of hydrogen-bond donors (Lipinski definition) is 1. The summed E-state index contributed by atoms with van der Waals surface area (Å²) in [7, 11) is 0. The van der Waals surface area contributed by atoms with Crippen LogP contribution < -0.4 is 5.32 Å². The molecule has 7 heteroatoms. The Morgan fingerprint density at radius 2 is 1.89 bits per heavy atom. The number of pyridine rings is 1. The maximum atomic E-state index is 13.2. The summed E-state index contributed by atoms with van der Waals surface area (Å²) in [6.07, 6.45) is 9.51.